The topological polar surface area (TPSA) is 58.3 Å². The molecular formula is C6H14N2O. The molecule has 1 rings (SSSR count). The van der Waals surface area contributed by atoms with Crippen LogP contribution in [0.25, 0.3) is 0 Å². The molecule has 2 atom stereocenters. The van der Waals surface area contributed by atoms with E-state index in [-0.39, 0.29) is 12.1 Å². The molecule has 4 N–H and O–H groups in total. The number of nitrogens with one attached hydrogen (secondary N) is 1. The fraction of sp³-hybridized carbons (Fsp3) is 1.00. The van der Waals surface area contributed by atoms with Crippen LogP contribution >= 0.6 is 0 Å². The van der Waals surface area contributed by atoms with Crippen molar-refractivity contribution in [3.05, 3.63) is 0 Å². The van der Waals surface area contributed by atoms with Crippen LogP contribution in [-0.4, -0.2) is 17.3 Å². The van der Waals surface area contributed by atoms with Gasteiger partial charge >= 0.3 is 0 Å². The van der Waals surface area contributed by atoms with Gasteiger partial charge in [-0.3, -0.25) is 11.3 Å². The average molecular weight is 130 g/mol. The fourth-order valence-electron chi connectivity index (χ4n) is 1.31. The number of aliphatic hydroxyl groups excluding tert-OH is 1. The van der Waals surface area contributed by atoms with Crippen LogP contribution in [0.1, 0.15) is 25.7 Å². The van der Waals surface area contributed by atoms with E-state index in [0.29, 0.717) is 0 Å². The van der Waals surface area contributed by atoms with E-state index in [4.69, 9.17) is 5.84 Å². The molecule has 0 radical (unpaired) electrons. The minimum atomic E-state index is -0.219. The van der Waals surface area contributed by atoms with E-state index in [2.05, 4.69) is 5.43 Å². The van der Waals surface area contributed by atoms with Crippen molar-refractivity contribution in [1.29, 1.82) is 0 Å². The summed E-state index contributed by atoms with van der Waals surface area (Å²) in [4.78, 5) is 0. The molecular weight excluding hydrogens is 116 g/mol. The number of hydrazine groups is 1. The Morgan fingerprint density at radius 2 is 2.00 bits per heavy atom. The lowest BCUT2D eigenvalue weighted by Gasteiger charge is -2.26. The standard InChI is InChI=1S/C6H14N2O/c7-8-5-3-1-2-4-6(5)9/h5-6,8-9H,1-4,7H2. The summed E-state index contributed by atoms with van der Waals surface area (Å²) in [5.74, 6) is 5.18. The van der Waals surface area contributed by atoms with Crippen LogP contribution in [0.15, 0.2) is 0 Å². The first-order valence-corrected chi connectivity index (χ1v) is 3.49. The minimum absolute atomic E-state index is 0.138. The van der Waals surface area contributed by atoms with E-state index in [1.165, 1.54) is 6.42 Å². The first-order valence-electron chi connectivity index (χ1n) is 3.49. The van der Waals surface area contributed by atoms with Crippen molar-refractivity contribution in [1.82, 2.24) is 5.43 Å². The highest BCUT2D eigenvalue weighted by molar-refractivity contribution is 4.77. The van der Waals surface area contributed by atoms with Crippen LogP contribution in [0.5, 0.6) is 0 Å². The summed E-state index contributed by atoms with van der Waals surface area (Å²) < 4.78 is 0. The fourth-order valence-corrected chi connectivity index (χ4v) is 1.31. The molecule has 0 aromatic carbocycles. The molecule has 0 aliphatic heterocycles. The van der Waals surface area contributed by atoms with E-state index in [1.807, 2.05) is 0 Å². The molecule has 2 unspecified atom stereocenters. The number of hydrogen-bond acceptors (Lipinski definition) is 3. The molecule has 0 amide bonds. The van der Waals surface area contributed by atoms with Crippen LogP contribution < -0.4 is 11.3 Å². The van der Waals surface area contributed by atoms with Crippen LogP contribution in [0.4, 0.5) is 0 Å². The number of rotatable bonds is 1. The quantitative estimate of drug-likeness (QED) is 0.339. The largest absolute Gasteiger partial charge is 0.391 e. The summed E-state index contributed by atoms with van der Waals surface area (Å²) >= 11 is 0. The lowest BCUT2D eigenvalue weighted by atomic mass is 9.93. The van der Waals surface area contributed by atoms with Crippen LogP contribution in [0.2, 0.25) is 0 Å². The van der Waals surface area contributed by atoms with Gasteiger partial charge < -0.3 is 5.11 Å². The lowest BCUT2D eigenvalue weighted by Crippen LogP contribution is -2.45. The van der Waals surface area contributed by atoms with E-state index < -0.39 is 0 Å². The summed E-state index contributed by atoms with van der Waals surface area (Å²) in [7, 11) is 0. The van der Waals surface area contributed by atoms with Crippen LogP contribution in [0, 0.1) is 0 Å². The Morgan fingerprint density at radius 3 is 2.44 bits per heavy atom. The second-order valence-corrected chi connectivity index (χ2v) is 2.62. The van der Waals surface area contributed by atoms with Crippen molar-refractivity contribution >= 4 is 0 Å². The first kappa shape index (κ1) is 6.99. The Labute approximate surface area is 55.2 Å². The predicted molar refractivity (Wildman–Crippen MR) is 35.6 cm³/mol. The molecule has 54 valence electrons. The Hall–Kier alpha value is -0.120. The van der Waals surface area contributed by atoms with Gasteiger partial charge in [0.15, 0.2) is 0 Å². The van der Waals surface area contributed by atoms with Crippen molar-refractivity contribution in [2.75, 3.05) is 0 Å². The van der Waals surface area contributed by atoms with Crippen molar-refractivity contribution in [2.24, 2.45) is 5.84 Å². The summed E-state index contributed by atoms with van der Waals surface area (Å²) in [6, 6.07) is 0.138. The zero-order valence-corrected chi connectivity index (χ0v) is 5.51. The normalized spacial score (nSPS) is 36.7. The Bertz CT molecular complexity index is 87.1. The van der Waals surface area contributed by atoms with Gasteiger partial charge in [-0.2, -0.15) is 0 Å². The van der Waals surface area contributed by atoms with Crippen molar-refractivity contribution in [3.8, 4) is 0 Å². The molecule has 3 nitrogen and oxygen atoms in total. The lowest BCUT2D eigenvalue weighted by molar-refractivity contribution is 0.0913. The predicted octanol–water partition coefficient (Wildman–Crippen LogP) is -0.247. The second kappa shape index (κ2) is 3.15. The molecule has 1 saturated carbocycles. The van der Waals surface area contributed by atoms with Crippen LogP contribution in [0.3, 0.4) is 0 Å². The summed E-state index contributed by atoms with van der Waals surface area (Å²) in [6.07, 6.45) is 4.02. The first-order chi connectivity index (χ1) is 4.34. The number of hydrogen-bond donors (Lipinski definition) is 3. The SMILES string of the molecule is NNC1CCCCC1O. The smallest absolute Gasteiger partial charge is 0.0706 e. The summed E-state index contributed by atoms with van der Waals surface area (Å²) in [5, 5.41) is 9.23. The molecule has 1 aliphatic carbocycles. The maximum Gasteiger partial charge on any atom is 0.0706 e. The highest BCUT2D eigenvalue weighted by Crippen LogP contribution is 2.17. The number of nitrogens with two attached hydrogens (primary N) is 1. The van der Waals surface area contributed by atoms with Gasteiger partial charge in [0.05, 0.1) is 6.10 Å². The molecule has 0 bridgehead atoms. The molecule has 0 aromatic heterocycles. The van der Waals surface area contributed by atoms with E-state index in [1.54, 1.807) is 0 Å². The van der Waals surface area contributed by atoms with Gasteiger partial charge in [0, 0.05) is 6.04 Å². The minimum Gasteiger partial charge on any atom is -0.391 e. The molecule has 0 aromatic rings. The highest BCUT2D eigenvalue weighted by Gasteiger charge is 2.20. The molecule has 1 aliphatic rings. The van der Waals surface area contributed by atoms with E-state index in [9.17, 15) is 5.11 Å². The Morgan fingerprint density at radius 1 is 1.33 bits per heavy atom. The third-order valence-corrected chi connectivity index (χ3v) is 1.94. The monoisotopic (exact) mass is 130 g/mol. The summed E-state index contributed by atoms with van der Waals surface area (Å²) in [6.45, 7) is 0. The molecule has 0 spiro atoms. The van der Waals surface area contributed by atoms with Crippen molar-refractivity contribution < 1.29 is 5.11 Å². The van der Waals surface area contributed by atoms with Gasteiger partial charge in [-0.25, -0.2) is 0 Å². The molecule has 9 heavy (non-hydrogen) atoms. The van der Waals surface area contributed by atoms with E-state index in [0.717, 1.165) is 19.3 Å². The molecule has 0 heterocycles. The zero-order valence-electron chi connectivity index (χ0n) is 5.51. The second-order valence-electron chi connectivity index (χ2n) is 2.62. The zero-order chi connectivity index (χ0) is 6.69. The highest BCUT2D eigenvalue weighted by atomic mass is 16.3. The third-order valence-electron chi connectivity index (χ3n) is 1.94. The van der Waals surface area contributed by atoms with Gasteiger partial charge in [-0.05, 0) is 12.8 Å². The van der Waals surface area contributed by atoms with Gasteiger partial charge in [0.2, 0.25) is 0 Å². The van der Waals surface area contributed by atoms with Gasteiger partial charge in [0.1, 0.15) is 0 Å². The van der Waals surface area contributed by atoms with Gasteiger partial charge in [-0.1, -0.05) is 12.8 Å². The average Bonchev–Trinajstić information content (AvgIpc) is 1.89. The molecule has 1 fully saturated rings. The Balaban J connectivity index is 2.30. The van der Waals surface area contributed by atoms with Crippen molar-refractivity contribution in [3.63, 3.8) is 0 Å². The van der Waals surface area contributed by atoms with E-state index >= 15 is 0 Å². The van der Waals surface area contributed by atoms with Gasteiger partial charge in [-0.15, -0.1) is 0 Å². The van der Waals surface area contributed by atoms with Gasteiger partial charge in [0.25, 0.3) is 0 Å². The number of aliphatic hydroxyl groups is 1. The van der Waals surface area contributed by atoms with Crippen molar-refractivity contribution in [2.45, 2.75) is 37.8 Å². The molecule has 3 heteroatoms. The molecule has 0 saturated heterocycles. The Kier molecular flexibility index (Phi) is 2.45. The maximum atomic E-state index is 9.23. The summed E-state index contributed by atoms with van der Waals surface area (Å²) in [5.41, 5.74) is 2.60. The maximum absolute atomic E-state index is 9.23. The van der Waals surface area contributed by atoms with Crippen LogP contribution in [-0.2, 0) is 0 Å². The third kappa shape index (κ3) is 1.64.